The lowest BCUT2D eigenvalue weighted by atomic mass is 10.2. The molecule has 4 heterocycles. The number of thiophene rings is 2. The Kier molecular flexibility index (Phi) is 4.39. The van der Waals surface area contributed by atoms with E-state index in [0.717, 1.165) is 28.3 Å². The number of H-pyrrole nitrogens is 1. The van der Waals surface area contributed by atoms with Gasteiger partial charge in [-0.3, -0.25) is 0 Å². The van der Waals surface area contributed by atoms with Crippen molar-refractivity contribution in [1.29, 1.82) is 0 Å². The molecule has 0 saturated carbocycles. The standard InChI is InChI=1S/C22H20N4S2/c1-26(2)13-16-4-6-20(27-16)21-12-17-19(8-10-24-22(17)28-21)25-15-3-5-18-14(11-15)7-9-23-18/h3-12,23H,13H2,1-2H3,(H,24,25). The molecule has 0 unspecified atom stereocenters. The van der Waals surface area contributed by atoms with Crippen molar-refractivity contribution in [2.45, 2.75) is 6.54 Å². The maximum atomic E-state index is 4.60. The van der Waals surface area contributed by atoms with Crippen molar-refractivity contribution < 1.29 is 0 Å². The molecule has 0 radical (unpaired) electrons. The van der Waals surface area contributed by atoms with E-state index in [1.165, 1.54) is 25.4 Å². The summed E-state index contributed by atoms with van der Waals surface area (Å²) in [6.07, 6.45) is 3.85. The minimum absolute atomic E-state index is 0.974. The molecule has 5 aromatic rings. The van der Waals surface area contributed by atoms with E-state index in [1.54, 1.807) is 11.3 Å². The Labute approximate surface area is 171 Å². The Morgan fingerprint density at radius 1 is 1.00 bits per heavy atom. The van der Waals surface area contributed by atoms with Crippen molar-refractivity contribution in [2.75, 3.05) is 19.4 Å². The van der Waals surface area contributed by atoms with Gasteiger partial charge in [-0.15, -0.1) is 22.7 Å². The molecule has 0 aliphatic carbocycles. The van der Waals surface area contributed by atoms with E-state index in [9.17, 15) is 0 Å². The lowest BCUT2D eigenvalue weighted by Crippen LogP contribution is -2.09. The van der Waals surface area contributed by atoms with Crippen molar-refractivity contribution in [1.82, 2.24) is 14.9 Å². The summed E-state index contributed by atoms with van der Waals surface area (Å²) < 4.78 is 0. The summed E-state index contributed by atoms with van der Waals surface area (Å²) in [5, 5.41) is 5.94. The van der Waals surface area contributed by atoms with Gasteiger partial charge in [-0.05, 0) is 62.6 Å². The summed E-state index contributed by atoms with van der Waals surface area (Å²) in [6, 6.07) is 17.2. The van der Waals surface area contributed by atoms with E-state index in [1.807, 2.05) is 29.8 Å². The zero-order chi connectivity index (χ0) is 19.1. The molecule has 4 nitrogen and oxygen atoms in total. The zero-order valence-electron chi connectivity index (χ0n) is 15.7. The van der Waals surface area contributed by atoms with Gasteiger partial charge in [-0.25, -0.2) is 4.98 Å². The van der Waals surface area contributed by atoms with Crippen LogP contribution in [0.3, 0.4) is 0 Å². The van der Waals surface area contributed by atoms with Gasteiger partial charge in [-0.2, -0.15) is 0 Å². The minimum atomic E-state index is 0.974. The first-order chi connectivity index (χ1) is 13.7. The van der Waals surface area contributed by atoms with E-state index in [2.05, 4.69) is 76.7 Å². The topological polar surface area (TPSA) is 44.0 Å². The number of benzene rings is 1. The molecule has 0 amide bonds. The highest BCUT2D eigenvalue weighted by atomic mass is 32.1. The van der Waals surface area contributed by atoms with Gasteiger partial charge >= 0.3 is 0 Å². The van der Waals surface area contributed by atoms with Crippen LogP contribution in [0.25, 0.3) is 30.9 Å². The summed E-state index contributed by atoms with van der Waals surface area (Å²) >= 11 is 3.61. The number of pyridine rings is 1. The number of aromatic amines is 1. The first-order valence-corrected chi connectivity index (χ1v) is 10.8. The van der Waals surface area contributed by atoms with Crippen LogP contribution < -0.4 is 5.32 Å². The van der Waals surface area contributed by atoms with E-state index in [4.69, 9.17) is 0 Å². The Balaban J connectivity index is 1.49. The summed E-state index contributed by atoms with van der Waals surface area (Å²) in [4.78, 5) is 15.0. The number of nitrogens with one attached hydrogen (secondary N) is 2. The number of fused-ring (bicyclic) bond motifs is 2. The van der Waals surface area contributed by atoms with Crippen LogP contribution in [0, 0.1) is 0 Å². The fraction of sp³-hybridized carbons (Fsp3) is 0.136. The van der Waals surface area contributed by atoms with Crippen molar-refractivity contribution in [3.05, 3.63) is 65.8 Å². The van der Waals surface area contributed by atoms with Gasteiger partial charge in [0.05, 0.1) is 5.69 Å². The molecule has 0 bridgehead atoms. The third-order valence-corrected chi connectivity index (χ3v) is 6.95. The highest BCUT2D eigenvalue weighted by molar-refractivity contribution is 7.25. The zero-order valence-corrected chi connectivity index (χ0v) is 17.3. The van der Waals surface area contributed by atoms with E-state index in [0.29, 0.717) is 0 Å². The van der Waals surface area contributed by atoms with Crippen molar-refractivity contribution in [3.8, 4) is 9.75 Å². The number of nitrogens with zero attached hydrogens (tertiary/aromatic N) is 2. The Morgan fingerprint density at radius 3 is 2.82 bits per heavy atom. The fourth-order valence-corrected chi connectivity index (χ4v) is 5.60. The second-order valence-corrected chi connectivity index (χ2v) is 9.30. The van der Waals surface area contributed by atoms with Crippen molar-refractivity contribution >= 4 is 55.2 Å². The maximum Gasteiger partial charge on any atom is 0.125 e. The van der Waals surface area contributed by atoms with E-state index in [-0.39, 0.29) is 0 Å². The van der Waals surface area contributed by atoms with E-state index >= 15 is 0 Å². The predicted molar refractivity (Wildman–Crippen MR) is 122 cm³/mol. The smallest absolute Gasteiger partial charge is 0.125 e. The summed E-state index contributed by atoms with van der Waals surface area (Å²) in [7, 11) is 4.21. The molecule has 1 aromatic carbocycles. The first-order valence-electron chi connectivity index (χ1n) is 9.12. The number of aromatic nitrogens is 2. The molecule has 4 aromatic heterocycles. The highest BCUT2D eigenvalue weighted by Crippen LogP contribution is 2.39. The molecule has 140 valence electrons. The first kappa shape index (κ1) is 17.4. The molecule has 6 heteroatoms. The molecule has 0 saturated heterocycles. The quantitative estimate of drug-likeness (QED) is 0.361. The summed E-state index contributed by atoms with van der Waals surface area (Å²) in [5.74, 6) is 0. The van der Waals surface area contributed by atoms with E-state index < -0.39 is 0 Å². The van der Waals surface area contributed by atoms with Gasteiger partial charge in [0.25, 0.3) is 0 Å². The third-order valence-electron chi connectivity index (χ3n) is 4.64. The minimum Gasteiger partial charge on any atom is -0.361 e. The molecule has 5 rings (SSSR count). The van der Waals surface area contributed by atoms with Gasteiger partial charge in [0.15, 0.2) is 0 Å². The normalized spacial score (nSPS) is 11.7. The molecule has 0 aliphatic rings. The maximum absolute atomic E-state index is 4.60. The lowest BCUT2D eigenvalue weighted by Gasteiger charge is -2.07. The molecule has 0 aliphatic heterocycles. The average molecular weight is 405 g/mol. The van der Waals surface area contributed by atoms with Crippen LogP contribution in [0.2, 0.25) is 0 Å². The van der Waals surface area contributed by atoms with Crippen LogP contribution in [0.1, 0.15) is 4.88 Å². The monoisotopic (exact) mass is 404 g/mol. The van der Waals surface area contributed by atoms with Crippen molar-refractivity contribution in [3.63, 3.8) is 0 Å². The van der Waals surface area contributed by atoms with Gasteiger partial charge < -0.3 is 15.2 Å². The second kappa shape index (κ2) is 7.05. The molecular weight excluding hydrogens is 384 g/mol. The summed E-state index contributed by atoms with van der Waals surface area (Å²) in [5.41, 5.74) is 3.32. The van der Waals surface area contributed by atoms with Crippen LogP contribution in [0.5, 0.6) is 0 Å². The van der Waals surface area contributed by atoms with Crippen molar-refractivity contribution in [2.24, 2.45) is 0 Å². The largest absolute Gasteiger partial charge is 0.361 e. The third kappa shape index (κ3) is 3.30. The van der Waals surface area contributed by atoms with Crippen LogP contribution in [0.15, 0.2) is 60.9 Å². The van der Waals surface area contributed by atoms with Crippen LogP contribution in [0.4, 0.5) is 11.4 Å². The van der Waals surface area contributed by atoms with Gasteiger partial charge in [-0.1, -0.05) is 0 Å². The lowest BCUT2D eigenvalue weighted by molar-refractivity contribution is 0.406. The molecule has 0 atom stereocenters. The number of rotatable bonds is 5. The highest BCUT2D eigenvalue weighted by Gasteiger charge is 2.12. The molecule has 0 spiro atoms. The average Bonchev–Trinajstić information content (AvgIpc) is 3.39. The SMILES string of the molecule is CN(C)Cc1ccc(-c2cc3c(Nc4ccc5[nH]ccc5c4)ccnc3s2)s1. The second-order valence-electron chi connectivity index (χ2n) is 7.10. The van der Waals surface area contributed by atoms with Crippen LogP contribution in [-0.2, 0) is 6.54 Å². The van der Waals surface area contributed by atoms with Crippen LogP contribution in [-0.4, -0.2) is 29.0 Å². The Hall–Kier alpha value is -2.67. The van der Waals surface area contributed by atoms with Gasteiger partial charge in [0.1, 0.15) is 4.83 Å². The number of hydrogen-bond acceptors (Lipinski definition) is 5. The molecule has 28 heavy (non-hydrogen) atoms. The molecule has 2 N–H and O–H groups in total. The number of hydrogen-bond donors (Lipinski definition) is 2. The predicted octanol–water partition coefficient (Wildman–Crippen LogP) is 6.31. The number of anilines is 2. The van der Waals surface area contributed by atoms with Gasteiger partial charge in [0, 0.05) is 55.5 Å². The fourth-order valence-electron chi connectivity index (χ4n) is 3.36. The Bertz CT molecular complexity index is 1260. The summed E-state index contributed by atoms with van der Waals surface area (Å²) in [6.45, 7) is 0.974. The van der Waals surface area contributed by atoms with Crippen LogP contribution >= 0.6 is 22.7 Å². The Morgan fingerprint density at radius 2 is 1.93 bits per heavy atom. The molecular formula is C22H20N4S2. The van der Waals surface area contributed by atoms with Gasteiger partial charge in [0.2, 0.25) is 0 Å². The molecule has 0 fully saturated rings.